The van der Waals surface area contributed by atoms with E-state index in [0.29, 0.717) is 19.8 Å². The van der Waals surface area contributed by atoms with E-state index in [-0.39, 0.29) is 6.29 Å². The van der Waals surface area contributed by atoms with Crippen LogP contribution in [-0.2, 0) is 9.47 Å². The molecule has 0 spiro atoms. The monoisotopic (exact) mass is 245 g/mol. The molecule has 5 nitrogen and oxygen atoms in total. The van der Waals surface area contributed by atoms with E-state index in [9.17, 15) is 0 Å². The van der Waals surface area contributed by atoms with Crippen molar-refractivity contribution in [2.24, 2.45) is 5.11 Å². The normalized spacial score (nSPS) is 16.0. The summed E-state index contributed by atoms with van der Waals surface area (Å²) in [4.78, 5) is 2.70. The van der Waals surface area contributed by atoms with E-state index in [1.165, 1.54) is 0 Å². The van der Waals surface area contributed by atoms with Crippen molar-refractivity contribution in [1.82, 2.24) is 0 Å². The Morgan fingerprint density at radius 2 is 2.22 bits per heavy atom. The van der Waals surface area contributed by atoms with E-state index in [2.05, 4.69) is 10.0 Å². The summed E-state index contributed by atoms with van der Waals surface area (Å²) in [6.45, 7) is 1.79. The molecule has 1 heterocycles. The molecule has 1 fully saturated rings. The van der Waals surface area contributed by atoms with Crippen LogP contribution < -0.4 is 0 Å². The van der Waals surface area contributed by atoms with Gasteiger partial charge < -0.3 is 9.47 Å². The second-order valence-corrected chi connectivity index (χ2v) is 3.89. The van der Waals surface area contributed by atoms with Gasteiger partial charge in [0.1, 0.15) is 0 Å². The molecule has 1 aliphatic heterocycles. The van der Waals surface area contributed by atoms with Crippen LogP contribution in [0.1, 0.15) is 23.8 Å². The molecule has 0 saturated carbocycles. The van der Waals surface area contributed by atoms with Gasteiger partial charge in [-0.05, 0) is 23.6 Å². The van der Waals surface area contributed by atoms with Crippen LogP contribution in [0, 0.1) is 0 Å². The molecule has 0 bridgehead atoms. The van der Waals surface area contributed by atoms with E-state index in [1.54, 1.807) is 0 Å². The predicted octanol–water partition coefficient (Wildman–Crippen LogP) is 3.45. The Balaban J connectivity index is 1.96. The minimum absolute atomic E-state index is 0.235. The lowest BCUT2D eigenvalue weighted by Crippen LogP contribution is -1.97. The van der Waals surface area contributed by atoms with Crippen LogP contribution in [0.25, 0.3) is 16.5 Å². The van der Waals surface area contributed by atoms with Crippen molar-refractivity contribution < 1.29 is 9.47 Å². The van der Waals surface area contributed by atoms with E-state index >= 15 is 0 Å². The van der Waals surface area contributed by atoms with Gasteiger partial charge in [0, 0.05) is 17.0 Å². The van der Waals surface area contributed by atoms with Crippen LogP contribution in [0.5, 0.6) is 0 Å². The summed E-state index contributed by atoms with van der Waals surface area (Å²) < 4.78 is 10.9. The minimum Gasteiger partial charge on any atom is -0.346 e. The molecule has 18 heavy (non-hydrogen) atoms. The smallest absolute Gasteiger partial charge is 0.184 e. The quantitative estimate of drug-likeness (QED) is 0.345. The maximum Gasteiger partial charge on any atom is 0.184 e. The minimum atomic E-state index is -0.235. The Morgan fingerprint density at radius 1 is 1.39 bits per heavy atom. The highest BCUT2D eigenvalue weighted by atomic mass is 16.7. The molecule has 2 rings (SSSR count). The van der Waals surface area contributed by atoms with Crippen molar-refractivity contribution >= 4 is 6.08 Å². The molecule has 1 aliphatic rings. The van der Waals surface area contributed by atoms with Crippen LogP contribution in [0.4, 0.5) is 0 Å². The molecule has 0 atom stereocenters. The topological polar surface area (TPSA) is 67.2 Å². The zero-order chi connectivity index (χ0) is 12.6. The maximum atomic E-state index is 8.15. The molecule has 94 valence electrons. The zero-order valence-electron chi connectivity index (χ0n) is 10.0. The van der Waals surface area contributed by atoms with Gasteiger partial charge in [0.05, 0.1) is 13.2 Å². The summed E-state index contributed by atoms with van der Waals surface area (Å²) in [5, 5.41) is 3.47. The third-order valence-corrected chi connectivity index (χ3v) is 2.57. The molecule has 1 aromatic rings. The van der Waals surface area contributed by atoms with Gasteiger partial charge in [-0.2, -0.15) is 0 Å². The molecule has 5 heteroatoms. The van der Waals surface area contributed by atoms with Crippen molar-refractivity contribution in [3.05, 3.63) is 51.9 Å². The van der Waals surface area contributed by atoms with Crippen LogP contribution in [0.3, 0.4) is 0 Å². The van der Waals surface area contributed by atoms with Crippen molar-refractivity contribution in [2.45, 2.75) is 12.7 Å². The highest BCUT2D eigenvalue weighted by Crippen LogP contribution is 2.24. The molecule has 0 radical (unpaired) electrons. The fourth-order valence-electron chi connectivity index (χ4n) is 1.76. The fraction of sp³-hybridized carbons (Fsp3) is 0.385. The Hall–Kier alpha value is -1.81. The largest absolute Gasteiger partial charge is 0.346 e. The first kappa shape index (κ1) is 12.6. The van der Waals surface area contributed by atoms with Gasteiger partial charge >= 0.3 is 0 Å². The standard InChI is InChI=1S/C13H15N3O2/c14-16-15-7-2-1-4-11-5-3-6-12(10-11)13-17-8-9-18-13/h1,3-6,10,13H,2,7-9H2. The molecular weight excluding hydrogens is 230 g/mol. The van der Waals surface area contributed by atoms with Crippen LogP contribution >= 0.6 is 0 Å². The van der Waals surface area contributed by atoms with Crippen LogP contribution in [0.15, 0.2) is 35.5 Å². The number of hydrogen-bond donors (Lipinski definition) is 0. The van der Waals surface area contributed by atoms with Crippen molar-refractivity contribution in [1.29, 1.82) is 0 Å². The van der Waals surface area contributed by atoms with Crippen molar-refractivity contribution in [3.63, 3.8) is 0 Å². The first-order valence-corrected chi connectivity index (χ1v) is 5.91. The van der Waals surface area contributed by atoms with Crippen LogP contribution in [0.2, 0.25) is 0 Å². The average Bonchev–Trinajstić information content (AvgIpc) is 2.93. The van der Waals surface area contributed by atoms with Gasteiger partial charge in [0.2, 0.25) is 0 Å². The van der Waals surface area contributed by atoms with Gasteiger partial charge in [-0.3, -0.25) is 0 Å². The summed E-state index contributed by atoms with van der Waals surface area (Å²) in [5.74, 6) is 0. The molecule has 1 aromatic carbocycles. The lowest BCUT2D eigenvalue weighted by Gasteiger charge is -2.09. The van der Waals surface area contributed by atoms with E-state index < -0.39 is 0 Å². The summed E-state index contributed by atoms with van der Waals surface area (Å²) >= 11 is 0. The Bertz CT molecular complexity index is 461. The molecular formula is C13H15N3O2. The predicted molar refractivity (Wildman–Crippen MR) is 68.8 cm³/mol. The number of azide groups is 1. The van der Waals surface area contributed by atoms with E-state index in [0.717, 1.165) is 17.5 Å². The van der Waals surface area contributed by atoms with Crippen LogP contribution in [-0.4, -0.2) is 19.8 Å². The zero-order valence-corrected chi connectivity index (χ0v) is 10.0. The lowest BCUT2D eigenvalue weighted by atomic mass is 10.1. The molecule has 0 N–H and O–H groups in total. The Morgan fingerprint density at radius 3 is 3.00 bits per heavy atom. The SMILES string of the molecule is [N-]=[N+]=NCCC=Cc1cccc(C2OCCO2)c1. The highest BCUT2D eigenvalue weighted by molar-refractivity contribution is 5.50. The number of rotatable bonds is 5. The molecule has 1 saturated heterocycles. The third-order valence-electron chi connectivity index (χ3n) is 2.57. The summed E-state index contributed by atoms with van der Waals surface area (Å²) in [5.41, 5.74) is 10.3. The lowest BCUT2D eigenvalue weighted by molar-refractivity contribution is -0.0441. The number of hydrogen-bond acceptors (Lipinski definition) is 3. The Kier molecular flexibility index (Phi) is 4.78. The Labute approximate surface area is 106 Å². The molecule has 0 amide bonds. The highest BCUT2D eigenvalue weighted by Gasteiger charge is 2.17. The van der Waals surface area contributed by atoms with Gasteiger partial charge in [0.15, 0.2) is 6.29 Å². The molecule has 0 aliphatic carbocycles. The van der Waals surface area contributed by atoms with Crippen molar-refractivity contribution in [2.75, 3.05) is 19.8 Å². The summed E-state index contributed by atoms with van der Waals surface area (Å²) in [7, 11) is 0. The van der Waals surface area contributed by atoms with Gasteiger partial charge in [-0.1, -0.05) is 35.5 Å². The van der Waals surface area contributed by atoms with Gasteiger partial charge in [-0.15, -0.1) is 0 Å². The molecule has 0 unspecified atom stereocenters. The van der Waals surface area contributed by atoms with Gasteiger partial charge in [0.25, 0.3) is 0 Å². The fourth-order valence-corrected chi connectivity index (χ4v) is 1.76. The number of ether oxygens (including phenoxy) is 2. The first-order chi connectivity index (χ1) is 8.90. The third kappa shape index (κ3) is 3.60. The van der Waals surface area contributed by atoms with E-state index in [1.807, 2.05) is 36.4 Å². The number of nitrogens with zero attached hydrogens (tertiary/aromatic N) is 3. The summed E-state index contributed by atoms with van der Waals surface area (Å²) in [6.07, 6.45) is 4.50. The molecule has 0 aromatic heterocycles. The van der Waals surface area contributed by atoms with E-state index in [4.69, 9.17) is 15.0 Å². The second-order valence-electron chi connectivity index (χ2n) is 3.89. The first-order valence-electron chi connectivity index (χ1n) is 5.91. The maximum absolute atomic E-state index is 8.15. The van der Waals surface area contributed by atoms with Gasteiger partial charge in [-0.25, -0.2) is 0 Å². The summed E-state index contributed by atoms with van der Waals surface area (Å²) in [6, 6.07) is 8.03. The average molecular weight is 245 g/mol. The number of benzene rings is 1. The second kappa shape index (κ2) is 6.81. The van der Waals surface area contributed by atoms with Crippen molar-refractivity contribution in [3.8, 4) is 0 Å².